The van der Waals surface area contributed by atoms with Crippen LogP contribution in [0.25, 0.3) is 6.08 Å². The molecule has 27 heavy (non-hydrogen) atoms. The Bertz CT molecular complexity index is 965. The lowest BCUT2D eigenvalue weighted by Crippen LogP contribution is -2.45. The first kappa shape index (κ1) is 19.1. The molecule has 136 valence electrons. The van der Waals surface area contributed by atoms with Crippen molar-refractivity contribution in [2.45, 2.75) is 13.8 Å². The molecule has 2 aromatic rings. The van der Waals surface area contributed by atoms with E-state index in [-0.39, 0.29) is 11.8 Å². The lowest BCUT2D eigenvalue weighted by Gasteiger charge is -2.16. The molecule has 0 atom stereocenters. The van der Waals surface area contributed by atoms with E-state index in [4.69, 9.17) is 12.2 Å². The smallest absolute Gasteiger partial charge is 0.267 e. The lowest BCUT2D eigenvalue weighted by atomic mass is 10.1. The highest BCUT2D eigenvalue weighted by Crippen LogP contribution is 2.31. The van der Waals surface area contributed by atoms with Gasteiger partial charge in [-0.1, -0.05) is 66.4 Å². The summed E-state index contributed by atoms with van der Waals surface area (Å²) in [6.45, 7) is 3.77. The van der Waals surface area contributed by atoms with Crippen LogP contribution in [0.3, 0.4) is 0 Å². The topological polar surface area (TPSA) is 49.4 Å². The minimum atomic E-state index is -0.359. The van der Waals surface area contributed by atoms with Crippen LogP contribution in [-0.2, 0) is 4.79 Å². The first-order chi connectivity index (χ1) is 13.0. The van der Waals surface area contributed by atoms with Gasteiger partial charge in [-0.2, -0.15) is 5.01 Å². The van der Waals surface area contributed by atoms with Crippen molar-refractivity contribution in [3.8, 4) is 0 Å². The van der Waals surface area contributed by atoms with Crippen LogP contribution < -0.4 is 5.43 Å². The van der Waals surface area contributed by atoms with E-state index in [2.05, 4.69) is 5.43 Å². The number of thioether (sulfide) groups is 1. The van der Waals surface area contributed by atoms with Crippen molar-refractivity contribution in [1.29, 1.82) is 0 Å². The van der Waals surface area contributed by atoms with Crippen LogP contribution in [0.2, 0.25) is 0 Å². The Morgan fingerprint density at radius 1 is 1.11 bits per heavy atom. The first-order valence-corrected chi connectivity index (χ1v) is 9.56. The quantitative estimate of drug-likeness (QED) is 0.613. The molecule has 0 aromatic heterocycles. The number of nitrogens with one attached hydrogen (secondary N) is 1. The normalized spacial score (nSPS) is 16.1. The average Bonchev–Trinajstić information content (AvgIpc) is 2.90. The van der Waals surface area contributed by atoms with Crippen LogP contribution >= 0.6 is 24.0 Å². The third-order valence-corrected chi connectivity index (χ3v) is 5.25. The predicted molar refractivity (Wildman–Crippen MR) is 114 cm³/mol. The van der Waals surface area contributed by atoms with E-state index >= 15 is 0 Å². The summed E-state index contributed by atoms with van der Waals surface area (Å²) in [4.78, 5) is 25.6. The lowest BCUT2D eigenvalue weighted by molar-refractivity contribution is -0.123. The zero-order valence-electron chi connectivity index (χ0n) is 14.9. The van der Waals surface area contributed by atoms with E-state index < -0.39 is 0 Å². The van der Waals surface area contributed by atoms with Crippen LogP contribution in [0.15, 0.2) is 71.2 Å². The van der Waals surface area contributed by atoms with Crippen molar-refractivity contribution >= 4 is 46.2 Å². The van der Waals surface area contributed by atoms with Gasteiger partial charge in [0.15, 0.2) is 4.32 Å². The minimum absolute atomic E-state index is 0.306. The second-order valence-corrected chi connectivity index (χ2v) is 7.75. The molecule has 0 saturated carbocycles. The Labute approximate surface area is 167 Å². The summed E-state index contributed by atoms with van der Waals surface area (Å²) in [5, 5.41) is 1.14. The number of nitrogens with zero attached hydrogens (tertiary/aromatic N) is 1. The van der Waals surface area contributed by atoms with Gasteiger partial charge in [0.1, 0.15) is 0 Å². The summed E-state index contributed by atoms with van der Waals surface area (Å²) in [7, 11) is 0. The Balaban J connectivity index is 1.76. The maximum atomic E-state index is 12.7. The minimum Gasteiger partial charge on any atom is -0.267 e. The number of carbonyl (C=O) groups is 2. The Morgan fingerprint density at radius 3 is 2.48 bits per heavy atom. The third kappa shape index (κ3) is 4.53. The molecule has 4 nitrogen and oxygen atoms in total. The van der Waals surface area contributed by atoms with Crippen molar-refractivity contribution < 1.29 is 9.59 Å². The maximum Gasteiger partial charge on any atom is 0.285 e. The highest BCUT2D eigenvalue weighted by atomic mass is 32.2. The van der Waals surface area contributed by atoms with Gasteiger partial charge in [-0.3, -0.25) is 15.0 Å². The molecule has 1 N–H and O–H groups in total. The predicted octanol–water partition coefficient (Wildman–Crippen LogP) is 4.49. The number of hydrogen-bond donors (Lipinski definition) is 1. The zero-order valence-corrected chi connectivity index (χ0v) is 16.6. The highest BCUT2D eigenvalue weighted by molar-refractivity contribution is 8.26. The highest BCUT2D eigenvalue weighted by Gasteiger charge is 2.33. The number of amides is 2. The van der Waals surface area contributed by atoms with Gasteiger partial charge < -0.3 is 0 Å². The largest absolute Gasteiger partial charge is 0.285 e. The van der Waals surface area contributed by atoms with Crippen LogP contribution in [-0.4, -0.2) is 21.1 Å². The van der Waals surface area contributed by atoms with Gasteiger partial charge in [-0.25, -0.2) is 0 Å². The Kier molecular flexibility index (Phi) is 5.88. The van der Waals surface area contributed by atoms with Gasteiger partial charge in [0.2, 0.25) is 0 Å². The van der Waals surface area contributed by atoms with Crippen LogP contribution in [0.1, 0.15) is 28.4 Å². The molecule has 1 heterocycles. The Morgan fingerprint density at radius 2 is 1.78 bits per heavy atom. The average molecular weight is 395 g/mol. The second-order valence-electron chi connectivity index (χ2n) is 6.07. The van der Waals surface area contributed by atoms with Crippen LogP contribution in [0.4, 0.5) is 0 Å². The Hall–Kier alpha value is -2.70. The molecule has 0 unspecified atom stereocenters. The van der Waals surface area contributed by atoms with Crippen molar-refractivity contribution in [1.82, 2.24) is 10.4 Å². The van der Waals surface area contributed by atoms with E-state index in [9.17, 15) is 9.59 Å². The van der Waals surface area contributed by atoms with Crippen molar-refractivity contribution in [3.05, 3.63) is 87.8 Å². The van der Waals surface area contributed by atoms with Crippen LogP contribution in [0.5, 0.6) is 0 Å². The van der Waals surface area contributed by atoms with Gasteiger partial charge in [-0.05, 0) is 54.9 Å². The standard InChI is InChI=1S/C21H18N2O2S2/c1-14(12-16-9-4-3-5-10-16)13-18-20(25)23(21(26)27-18)22-19(24)17-11-7-6-8-15(17)2/h3-13H,1-2H3,(H,22,24). The van der Waals surface area contributed by atoms with E-state index in [0.29, 0.717) is 14.8 Å². The SMILES string of the molecule is CC(=Cc1ccccc1)C=C1SC(=S)N(NC(=O)c2ccccc2C)C1=O. The molecule has 1 saturated heterocycles. The number of hydrogen-bond acceptors (Lipinski definition) is 4. The molecule has 2 aromatic carbocycles. The molecule has 1 aliphatic heterocycles. The van der Waals surface area contributed by atoms with E-state index in [1.165, 1.54) is 11.8 Å². The maximum absolute atomic E-state index is 12.7. The van der Waals surface area contributed by atoms with Gasteiger partial charge in [0.05, 0.1) is 4.91 Å². The summed E-state index contributed by atoms with van der Waals surface area (Å²) in [6.07, 6.45) is 3.77. The van der Waals surface area contributed by atoms with E-state index in [1.807, 2.05) is 62.4 Å². The molecule has 3 rings (SSSR count). The first-order valence-electron chi connectivity index (χ1n) is 8.33. The number of thiocarbonyl (C=S) groups is 1. The summed E-state index contributed by atoms with van der Waals surface area (Å²) in [5.74, 6) is -0.685. The third-order valence-electron chi connectivity index (χ3n) is 3.95. The molecule has 0 spiro atoms. The summed E-state index contributed by atoms with van der Waals surface area (Å²) in [6, 6.07) is 17.0. The molecule has 2 amide bonds. The fourth-order valence-electron chi connectivity index (χ4n) is 2.61. The second kappa shape index (κ2) is 8.33. The number of hydrazine groups is 1. The fourth-order valence-corrected chi connectivity index (χ4v) is 3.84. The zero-order chi connectivity index (χ0) is 19.4. The number of allylic oxidation sites excluding steroid dienone is 2. The summed E-state index contributed by atoms with van der Waals surface area (Å²) < 4.78 is 0.306. The molecule has 0 bridgehead atoms. The van der Waals surface area contributed by atoms with Crippen molar-refractivity contribution in [2.75, 3.05) is 0 Å². The number of rotatable bonds is 4. The van der Waals surface area contributed by atoms with Crippen molar-refractivity contribution in [2.24, 2.45) is 0 Å². The molecular formula is C21H18N2O2S2. The fraction of sp³-hybridized carbons (Fsp3) is 0.0952. The van der Waals surface area contributed by atoms with Gasteiger partial charge in [0.25, 0.3) is 11.8 Å². The van der Waals surface area contributed by atoms with Gasteiger partial charge in [-0.15, -0.1) is 0 Å². The molecular weight excluding hydrogens is 376 g/mol. The molecule has 6 heteroatoms. The molecule has 1 aliphatic rings. The molecule has 0 radical (unpaired) electrons. The molecule has 1 fully saturated rings. The number of benzene rings is 2. The van der Waals surface area contributed by atoms with Crippen molar-refractivity contribution in [3.63, 3.8) is 0 Å². The monoisotopic (exact) mass is 394 g/mol. The van der Waals surface area contributed by atoms with Gasteiger partial charge in [0, 0.05) is 5.56 Å². The van der Waals surface area contributed by atoms with Gasteiger partial charge >= 0.3 is 0 Å². The summed E-state index contributed by atoms with van der Waals surface area (Å²) in [5.41, 5.74) is 5.93. The van der Waals surface area contributed by atoms with Crippen LogP contribution in [0, 0.1) is 6.92 Å². The number of carbonyl (C=O) groups excluding carboxylic acids is 2. The molecule has 0 aliphatic carbocycles. The van der Waals surface area contributed by atoms with E-state index in [0.717, 1.165) is 21.7 Å². The van der Waals surface area contributed by atoms with E-state index in [1.54, 1.807) is 18.2 Å². The number of aryl methyl sites for hydroxylation is 1. The summed E-state index contributed by atoms with van der Waals surface area (Å²) >= 11 is 6.45.